The van der Waals surface area contributed by atoms with Crippen LogP contribution in [0, 0.1) is 10.1 Å². The third-order valence-corrected chi connectivity index (χ3v) is 5.00. The highest BCUT2D eigenvalue weighted by molar-refractivity contribution is 8.26. The fraction of sp³-hybridized carbons (Fsp3) is 0.0556. The van der Waals surface area contributed by atoms with E-state index >= 15 is 0 Å². The number of hydrogen-bond acceptors (Lipinski definition) is 7. The summed E-state index contributed by atoms with van der Waals surface area (Å²) in [4.78, 5) is 34.6. The number of benzene rings is 2. The number of nitrogens with zero attached hydrogens (tertiary/aromatic N) is 1. The smallest absolute Gasteiger partial charge is 0.271 e. The van der Waals surface area contributed by atoms with Gasteiger partial charge in [-0.25, -0.2) is 0 Å². The molecule has 29 heavy (non-hydrogen) atoms. The number of carbonyl (C=O) groups is 2. The number of thioether (sulfide) groups is 1. The second kappa shape index (κ2) is 9.03. The summed E-state index contributed by atoms with van der Waals surface area (Å²) in [6.07, 6.45) is 1.57. The van der Waals surface area contributed by atoms with Crippen LogP contribution in [0.4, 0.5) is 11.4 Å². The van der Waals surface area contributed by atoms with E-state index in [-0.39, 0.29) is 23.9 Å². The number of anilines is 1. The average Bonchev–Trinajstić information content (AvgIpc) is 2.98. The standard InChI is InChI=1S/C18H12ClN3O5S2/c19-11-4-5-14(10(6-11)7-15-17(24)21-18(28)29-15)27-9-16(23)20-12-2-1-3-13(8-12)22(25)26/h1-8H,9H2,(H,20,23)(H,21,24,28)/b15-7-. The van der Waals surface area contributed by atoms with Gasteiger partial charge in [0.05, 0.1) is 9.83 Å². The van der Waals surface area contributed by atoms with E-state index in [4.69, 9.17) is 28.6 Å². The lowest BCUT2D eigenvalue weighted by atomic mass is 10.2. The first-order valence-corrected chi connectivity index (χ1v) is 9.63. The average molecular weight is 450 g/mol. The summed E-state index contributed by atoms with van der Waals surface area (Å²) < 4.78 is 5.90. The van der Waals surface area contributed by atoms with Crippen molar-refractivity contribution < 1.29 is 19.2 Å². The molecule has 1 saturated heterocycles. The molecule has 1 aliphatic rings. The van der Waals surface area contributed by atoms with Gasteiger partial charge < -0.3 is 15.4 Å². The van der Waals surface area contributed by atoms with Crippen molar-refractivity contribution in [2.75, 3.05) is 11.9 Å². The number of thiocarbonyl (C=S) groups is 1. The summed E-state index contributed by atoms with van der Waals surface area (Å²) in [6.45, 7) is -0.349. The molecular formula is C18H12ClN3O5S2. The van der Waals surface area contributed by atoms with Crippen molar-refractivity contribution in [3.05, 3.63) is 68.1 Å². The number of amides is 2. The first-order chi connectivity index (χ1) is 13.8. The van der Waals surface area contributed by atoms with Crippen LogP contribution in [0.5, 0.6) is 5.75 Å². The van der Waals surface area contributed by atoms with Crippen LogP contribution in [-0.4, -0.2) is 27.7 Å². The molecule has 0 saturated carbocycles. The maximum Gasteiger partial charge on any atom is 0.271 e. The molecule has 3 rings (SSSR count). The number of hydrogen-bond donors (Lipinski definition) is 2. The summed E-state index contributed by atoms with van der Waals surface area (Å²) in [5, 5.41) is 16.3. The van der Waals surface area contributed by atoms with Crippen molar-refractivity contribution in [3.8, 4) is 5.75 Å². The SMILES string of the molecule is O=C(COc1ccc(Cl)cc1/C=C1\SC(=S)NC1=O)Nc1cccc([N+](=O)[O-])c1. The van der Waals surface area contributed by atoms with Crippen molar-refractivity contribution in [3.63, 3.8) is 0 Å². The zero-order valence-corrected chi connectivity index (χ0v) is 16.9. The van der Waals surface area contributed by atoms with Gasteiger partial charge in [-0.2, -0.15) is 0 Å². The summed E-state index contributed by atoms with van der Waals surface area (Å²) in [5.74, 6) is -0.495. The number of halogens is 1. The summed E-state index contributed by atoms with van der Waals surface area (Å²) in [6, 6.07) is 10.3. The largest absolute Gasteiger partial charge is 0.483 e. The van der Waals surface area contributed by atoms with Crippen LogP contribution < -0.4 is 15.4 Å². The lowest BCUT2D eigenvalue weighted by molar-refractivity contribution is -0.384. The van der Waals surface area contributed by atoms with Gasteiger partial charge >= 0.3 is 0 Å². The first-order valence-electron chi connectivity index (χ1n) is 8.03. The molecule has 2 N–H and O–H groups in total. The minimum atomic E-state index is -0.553. The quantitative estimate of drug-likeness (QED) is 0.299. The topological polar surface area (TPSA) is 111 Å². The van der Waals surface area contributed by atoms with Gasteiger partial charge in [-0.3, -0.25) is 19.7 Å². The van der Waals surface area contributed by atoms with E-state index in [1.165, 1.54) is 24.3 Å². The Kier molecular flexibility index (Phi) is 6.47. The molecular weight excluding hydrogens is 438 g/mol. The van der Waals surface area contributed by atoms with Crippen LogP contribution in [0.1, 0.15) is 5.56 Å². The molecule has 0 unspecified atom stereocenters. The third kappa shape index (κ3) is 5.53. The van der Waals surface area contributed by atoms with Gasteiger partial charge in [-0.1, -0.05) is 41.6 Å². The van der Waals surface area contributed by atoms with Crippen LogP contribution >= 0.6 is 35.6 Å². The molecule has 11 heteroatoms. The molecule has 0 aromatic heterocycles. The number of ether oxygens (including phenoxy) is 1. The number of non-ortho nitro benzene ring substituents is 1. The highest BCUT2D eigenvalue weighted by Gasteiger charge is 2.22. The number of nitro groups is 1. The van der Waals surface area contributed by atoms with Gasteiger partial charge in [0, 0.05) is 28.4 Å². The molecule has 8 nitrogen and oxygen atoms in total. The van der Waals surface area contributed by atoms with E-state index in [0.717, 1.165) is 11.8 Å². The number of nitrogens with one attached hydrogen (secondary N) is 2. The highest BCUT2D eigenvalue weighted by Crippen LogP contribution is 2.31. The molecule has 2 aromatic rings. The minimum Gasteiger partial charge on any atom is -0.483 e. The predicted molar refractivity (Wildman–Crippen MR) is 115 cm³/mol. The Hall–Kier alpha value is -2.95. The normalized spacial score (nSPS) is 14.6. The minimum absolute atomic E-state index is 0.138. The molecule has 2 amide bonds. The van der Waals surface area contributed by atoms with E-state index in [2.05, 4.69) is 10.6 Å². The van der Waals surface area contributed by atoms with E-state index < -0.39 is 10.8 Å². The van der Waals surface area contributed by atoms with E-state index in [1.54, 1.807) is 24.3 Å². The monoisotopic (exact) mass is 449 g/mol. The van der Waals surface area contributed by atoms with Crippen molar-refractivity contribution in [2.24, 2.45) is 0 Å². The molecule has 0 spiro atoms. The molecule has 0 radical (unpaired) electrons. The molecule has 1 heterocycles. The van der Waals surface area contributed by atoms with Crippen LogP contribution in [0.15, 0.2) is 47.4 Å². The zero-order valence-electron chi connectivity index (χ0n) is 14.5. The van der Waals surface area contributed by atoms with Crippen LogP contribution in [0.3, 0.4) is 0 Å². The third-order valence-electron chi connectivity index (χ3n) is 3.60. The molecule has 1 fully saturated rings. The zero-order chi connectivity index (χ0) is 21.0. The maximum absolute atomic E-state index is 12.2. The Balaban J connectivity index is 1.71. The Labute approximate surface area is 179 Å². The van der Waals surface area contributed by atoms with Crippen molar-refractivity contribution in [2.45, 2.75) is 0 Å². The van der Waals surface area contributed by atoms with Gasteiger partial charge in [0.15, 0.2) is 6.61 Å². The number of nitro benzene ring substituents is 1. The lowest BCUT2D eigenvalue weighted by Crippen LogP contribution is -2.20. The van der Waals surface area contributed by atoms with E-state index in [1.807, 2.05) is 0 Å². The van der Waals surface area contributed by atoms with Gasteiger partial charge in [-0.05, 0) is 30.3 Å². The lowest BCUT2D eigenvalue weighted by Gasteiger charge is -2.10. The molecule has 0 bridgehead atoms. The van der Waals surface area contributed by atoms with Crippen LogP contribution in [0.25, 0.3) is 6.08 Å². The summed E-state index contributed by atoms with van der Waals surface area (Å²) >= 11 is 12.1. The first kappa shape index (κ1) is 20.8. The number of carbonyl (C=O) groups excluding carboxylic acids is 2. The molecule has 0 atom stereocenters. The van der Waals surface area contributed by atoms with Crippen molar-refractivity contribution in [1.82, 2.24) is 5.32 Å². The van der Waals surface area contributed by atoms with Gasteiger partial charge in [0.1, 0.15) is 10.1 Å². The molecule has 148 valence electrons. The van der Waals surface area contributed by atoms with Crippen molar-refractivity contribution in [1.29, 1.82) is 0 Å². The van der Waals surface area contributed by atoms with Crippen LogP contribution in [-0.2, 0) is 9.59 Å². The van der Waals surface area contributed by atoms with E-state index in [9.17, 15) is 19.7 Å². The molecule has 2 aromatic carbocycles. The Morgan fingerprint density at radius 1 is 1.34 bits per heavy atom. The number of rotatable bonds is 6. The predicted octanol–water partition coefficient (Wildman–Crippen LogP) is 3.75. The molecule has 1 aliphatic heterocycles. The second-order valence-corrected chi connectivity index (χ2v) is 7.83. The van der Waals surface area contributed by atoms with Gasteiger partial charge in [0.25, 0.3) is 17.5 Å². The Morgan fingerprint density at radius 2 is 2.14 bits per heavy atom. The highest BCUT2D eigenvalue weighted by atomic mass is 35.5. The fourth-order valence-corrected chi connectivity index (χ4v) is 3.58. The summed E-state index contributed by atoms with van der Waals surface area (Å²) in [5.41, 5.74) is 0.641. The van der Waals surface area contributed by atoms with E-state index in [0.29, 0.717) is 25.6 Å². The van der Waals surface area contributed by atoms with Crippen LogP contribution in [0.2, 0.25) is 5.02 Å². The Morgan fingerprint density at radius 3 is 2.83 bits per heavy atom. The van der Waals surface area contributed by atoms with Crippen molar-refractivity contribution >= 4 is 69.2 Å². The Bertz CT molecular complexity index is 1060. The molecule has 0 aliphatic carbocycles. The fourth-order valence-electron chi connectivity index (χ4n) is 2.36. The second-order valence-electron chi connectivity index (χ2n) is 5.68. The van der Waals surface area contributed by atoms with Gasteiger partial charge in [-0.15, -0.1) is 0 Å². The maximum atomic E-state index is 12.2. The summed E-state index contributed by atoms with van der Waals surface area (Å²) in [7, 11) is 0. The van der Waals surface area contributed by atoms with Gasteiger partial charge in [0.2, 0.25) is 0 Å².